The molecule has 3 N–H and O–H groups in total. The maximum atomic E-state index is 12.3. The van der Waals surface area contributed by atoms with E-state index >= 15 is 0 Å². The van der Waals surface area contributed by atoms with E-state index in [9.17, 15) is 19.8 Å². The number of benzene rings is 1. The normalized spacial score (nSPS) is 12.0. The van der Waals surface area contributed by atoms with Crippen molar-refractivity contribution in [2.75, 3.05) is 0 Å². The summed E-state index contributed by atoms with van der Waals surface area (Å²) in [6.45, 7) is 4.89. The molecule has 6 heteroatoms. The highest BCUT2D eigenvalue weighted by Crippen LogP contribution is 2.16. The van der Waals surface area contributed by atoms with Gasteiger partial charge in [-0.25, -0.2) is 4.79 Å². The number of carboxylic acids is 1. The second-order valence-electron chi connectivity index (χ2n) is 6.13. The maximum absolute atomic E-state index is 12.3. The number of carbonyl (C=O) groups excluding carboxylic acids is 1. The molecule has 1 heterocycles. The van der Waals surface area contributed by atoms with Gasteiger partial charge in [0.05, 0.1) is 0 Å². The summed E-state index contributed by atoms with van der Waals surface area (Å²) in [6, 6.07) is 8.59. The molecule has 0 spiro atoms. The van der Waals surface area contributed by atoms with Crippen LogP contribution >= 0.6 is 0 Å². The Kier molecular flexibility index (Phi) is 5.30. The van der Waals surface area contributed by atoms with Gasteiger partial charge < -0.3 is 19.9 Å². The number of hydrogen-bond acceptors (Lipinski definition) is 4. The number of aliphatic hydroxyl groups is 1. The van der Waals surface area contributed by atoms with Crippen molar-refractivity contribution < 1.29 is 24.2 Å². The summed E-state index contributed by atoms with van der Waals surface area (Å²) in [5.41, 5.74) is 0.170. The first-order valence-corrected chi connectivity index (χ1v) is 7.61. The van der Waals surface area contributed by atoms with Crippen LogP contribution in [0.2, 0.25) is 0 Å². The number of hydrogen-bond donors (Lipinski definition) is 3. The van der Waals surface area contributed by atoms with Crippen LogP contribution in [0.3, 0.4) is 0 Å². The largest absolute Gasteiger partial charge is 0.479 e. The van der Waals surface area contributed by atoms with Gasteiger partial charge in [-0.3, -0.25) is 4.79 Å². The predicted octanol–water partition coefficient (Wildman–Crippen LogP) is 2.27. The van der Waals surface area contributed by atoms with E-state index in [0.717, 1.165) is 5.56 Å². The van der Waals surface area contributed by atoms with Crippen LogP contribution in [0.15, 0.2) is 40.8 Å². The number of nitrogens with one attached hydrogen (secondary N) is 1. The molecule has 0 aliphatic carbocycles. The Morgan fingerprint density at radius 1 is 1.24 bits per heavy atom. The quantitative estimate of drug-likeness (QED) is 0.741. The van der Waals surface area contributed by atoms with Crippen molar-refractivity contribution in [1.29, 1.82) is 0 Å². The fraction of sp³-hybridized carbons (Fsp3) is 0.263. The Balaban J connectivity index is 2.18. The van der Waals surface area contributed by atoms with Gasteiger partial charge in [-0.15, -0.1) is 0 Å². The van der Waals surface area contributed by atoms with Gasteiger partial charge in [0.1, 0.15) is 5.60 Å². The van der Waals surface area contributed by atoms with E-state index in [0.29, 0.717) is 5.56 Å². The molecule has 6 nitrogen and oxygen atoms in total. The molecule has 2 rings (SSSR count). The molecule has 0 radical (unpaired) electrons. The first kappa shape index (κ1) is 18.3. The molecule has 0 saturated carbocycles. The number of aryl methyl sites for hydroxylation is 1. The van der Waals surface area contributed by atoms with Crippen molar-refractivity contribution in [3.63, 3.8) is 0 Å². The molecule has 0 aliphatic rings. The van der Waals surface area contributed by atoms with Crippen molar-refractivity contribution in [2.45, 2.75) is 32.4 Å². The molecule has 1 amide bonds. The van der Waals surface area contributed by atoms with E-state index in [2.05, 4.69) is 17.2 Å². The van der Waals surface area contributed by atoms with Crippen LogP contribution in [0.1, 0.15) is 47.3 Å². The van der Waals surface area contributed by atoms with E-state index in [1.807, 2.05) is 13.0 Å². The van der Waals surface area contributed by atoms with Crippen LogP contribution in [-0.2, 0) is 4.79 Å². The lowest BCUT2D eigenvalue weighted by Crippen LogP contribution is -2.33. The molecular formula is C19H19NO5. The highest BCUT2D eigenvalue weighted by atomic mass is 16.4. The van der Waals surface area contributed by atoms with Gasteiger partial charge >= 0.3 is 5.97 Å². The number of carboxylic acid groups (broad SMARTS) is 1. The second-order valence-corrected chi connectivity index (χ2v) is 6.13. The summed E-state index contributed by atoms with van der Waals surface area (Å²) in [5.74, 6) is 3.49. The topological polar surface area (TPSA) is 99.8 Å². The van der Waals surface area contributed by atoms with Gasteiger partial charge in [-0.2, -0.15) is 0 Å². The molecule has 2 aromatic rings. The maximum Gasteiger partial charge on any atom is 0.330 e. The van der Waals surface area contributed by atoms with Crippen molar-refractivity contribution in [3.8, 4) is 11.8 Å². The lowest BCUT2D eigenvalue weighted by atomic mass is 10.0. The third kappa shape index (κ3) is 5.23. The van der Waals surface area contributed by atoms with Gasteiger partial charge in [-0.05, 0) is 44.4 Å². The molecule has 1 aromatic carbocycles. The Morgan fingerprint density at radius 3 is 2.56 bits per heavy atom. The van der Waals surface area contributed by atoms with Crippen LogP contribution in [0, 0.1) is 18.8 Å². The lowest BCUT2D eigenvalue weighted by molar-refractivity contribution is -0.139. The number of carbonyl (C=O) groups is 2. The zero-order valence-electron chi connectivity index (χ0n) is 14.2. The van der Waals surface area contributed by atoms with E-state index in [1.165, 1.54) is 26.0 Å². The van der Waals surface area contributed by atoms with Crippen molar-refractivity contribution >= 4 is 11.9 Å². The minimum Gasteiger partial charge on any atom is -0.479 e. The Hall–Kier alpha value is -3.04. The molecule has 25 heavy (non-hydrogen) atoms. The fourth-order valence-electron chi connectivity index (χ4n) is 2.08. The van der Waals surface area contributed by atoms with Crippen molar-refractivity contribution in [1.82, 2.24) is 5.32 Å². The lowest BCUT2D eigenvalue weighted by Gasteiger charge is -2.14. The van der Waals surface area contributed by atoms with E-state index in [-0.39, 0.29) is 11.5 Å². The van der Waals surface area contributed by atoms with E-state index < -0.39 is 23.5 Å². The number of furan rings is 1. The molecule has 0 saturated heterocycles. The molecule has 1 atom stereocenters. The minimum atomic E-state index is -1.19. The van der Waals surface area contributed by atoms with Gasteiger partial charge in [-0.1, -0.05) is 35.7 Å². The molecular weight excluding hydrogens is 322 g/mol. The van der Waals surface area contributed by atoms with Gasteiger partial charge in [0.25, 0.3) is 5.91 Å². The van der Waals surface area contributed by atoms with Crippen LogP contribution in [0.25, 0.3) is 0 Å². The molecule has 1 unspecified atom stereocenters. The van der Waals surface area contributed by atoms with Crippen molar-refractivity contribution in [2.24, 2.45) is 0 Å². The summed E-state index contributed by atoms with van der Waals surface area (Å²) in [7, 11) is 0. The Labute approximate surface area is 145 Å². The molecule has 0 bridgehead atoms. The zero-order chi connectivity index (χ0) is 18.6. The highest BCUT2D eigenvalue weighted by molar-refractivity contribution is 5.94. The Bertz CT molecular complexity index is 848. The van der Waals surface area contributed by atoms with Crippen LogP contribution in [0.5, 0.6) is 0 Å². The molecule has 130 valence electrons. The third-order valence-corrected chi connectivity index (χ3v) is 3.22. The van der Waals surface area contributed by atoms with Gasteiger partial charge in [0, 0.05) is 0 Å². The highest BCUT2D eigenvalue weighted by Gasteiger charge is 2.24. The number of rotatable bonds is 4. The average Bonchev–Trinajstić information content (AvgIpc) is 2.98. The molecule has 1 aromatic heterocycles. The summed E-state index contributed by atoms with van der Waals surface area (Å²) >= 11 is 0. The van der Waals surface area contributed by atoms with Crippen LogP contribution in [0.4, 0.5) is 0 Å². The summed E-state index contributed by atoms with van der Waals surface area (Å²) in [6.07, 6.45) is 0. The standard InChI is InChI=1S/C19H19NO5/c1-12-5-4-6-13(11-12)16(18(22)23)20-17(21)15-8-7-14(25-15)9-10-19(2,3)24/h4-8,11,16,24H,1-3H3,(H,20,21)(H,22,23). The minimum absolute atomic E-state index is 0.0565. The second kappa shape index (κ2) is 7.24. The first-order valence-electron chi connectivity index (χ1n) is 7.61. The van der Waals surface area contributed by atoms with E-state index in [4.69, 9.17) is 4.42 Å². The van der Waals surface area contributed by atoms with Crippen molar-refractivity contribution in [3.05, 3.63) is 59.0 Å². The third-order valence-electron chi connectivity index (χ3n) is 3.22. The number of aliphatic carboxylic acids is 1. The van der Waals surface area contributed by atoms with E-state index in [1.54, 1.807) is 18.2 Å². The number of amides is 1. The fourth-order valence-corrected chi connectivity index (χ4v) is 2.08. The average molecular weight is 341 g/mol. The predicted molar refractivity (Wildman–Crippen MR) is 90.9 cm³/mol. The van der Waals surface area contributed by atoms with Crippen LogP contribution in [-0.4, -0.2) is 27.7 Å². The monoisotopic (exact) mass is 341 g/mol. The summed E-state index contributed by atoms with van der Waals surface area (Å²) in [4.78, 5) is 23.8. The summed E-state index contributed by atoms with van der Waals surface area (Å²) < 4.78 is 5.29. The molecule has 0 fully saturated rings. The Morgan fingerprint density at radius 2 is 1.96 bits per heavy atom. The zero-order valence-corrected chi connectivity index (χ0v) is 14.2. The van der Waals surface area contributed by atoms with Gasteiger partial charge in [0.15, 0.2) is 17.6 Å². The first-order chi connectivity index (χ1) is 11.7. The van der Waals surface area contributed by atoms with Gasteiger partial charge in [0.2, 0.25) is 0 Å². The summed E-state index contributed by atoms with van der Waals surface area (Å²) in [5, 5.41) is 21.4. The molecule has 0 aliphatic heterocycles. The van der Waals surface area contributed by atoms with Crippen LogP contribution < -0.4 is 5.32 Å². The SMILES string of the molecule is Cc1cccc(C(NC(=O)c2ccc(C#CC(C)(C)O)o2)C(=O)O)c1. The smallest absolute Gasteiger partial charge is 0.330 e.